The molecule has 0 aromatic heterocycles. The van der Waals surface area contributed by atoms with Crippen molar-refractivity contribution in [2.45, 2.75) is 12.1 Å². The first-order chi connectivity index (χ1) is 10.2. The molecular weight excluding hydrogens is 286 g/mol. The monoisotopic (exact) mass is 297 g/mol. The van der Waals surface area contributed by atoms with Crippen molar-refractivity contribution in [3.05, 3.63) is 71.2 Å². The number of amides is 1. The molecule has 104 valence electrons. The van der Waals surface area contributed by atoms with Gasteiger partial charge in [0.15, 0.2) is 0 Å². The molecule has 1 fully saturated rings. The van der Waals surface area contributed by atoms with E-state index >= 15 is 0 Å². The topological polar surface area (TPSA) is 44.7 Å². The van der Waals surface area contributed by atoms with Crippen molar-refractivity contribution < 1.29 is 4.79 Å². The Morgan fingerprint density at radius 1 is 1.29 bits per heavy atom. The van der Waals surface area contributed by atoms with Crippen LogP contribution in [0.5, 0.6) is 0 Å². The van der Waals surface area contributed by atoms with E-state index in [1.807, 2.05) is 42.5 Å². The Hall–Kier alpha value is -2.33. The first-order valence-corrected chi connectivity index (χ1v) is 7.10. The highest BCUT2D eigenvalue weighted by atomic mass is 35.5. The van der Waals surface area contributed by atoms with E-state index in [2.05, 4.69) is 10.3 Å². The smallest absolute Gasteiger partial charge is 0.256 e. The van der Waals surface area contributed by atoms with Crippen LogP contribution >= 0.6 is 11.6 Å². The molecule has 0 radical (unpaired) electrons. The first kappa shape index (κ1) is 12.4. The molecule has 1 saturated heterocycles. The molecule has 1 N–H and O–H groups in total. The number of benzene rings is 1. The van der Waals surface area contributed by atoms with Gasteiger partial charge >= 0.3 is 0 Å². The summed E-state index contributed by atoms with van der Waals surface area (Å²) in [5, 5.41) is 3.86. The summed E-state index contributed by atoms with van der Waals surface area (Å²) in [5.74, 6) is 0.750. The molecule has 1 amide bonds. The van der Waals surface area contributed by atoms with E-state index in [0.29, 0.717) is 5.02 Å². The number of hydrogen-bond acceptors (Lipinski definition) is 3. The molecule has 1 aliphatic carbocycles. The standard InChI is InChI=1S/C16H12ClN3O/c17-11-5-3-4-10(8-11)15-16(21)20-13-7-2-1-6-12(13)18-9-14(20)19-15/h1-9,13,15,19H. The van der Waals surface area contributed by atoms with Crippen molar-refractivity contribution in [3.63, 3.8) is 0 Å². The van der Waals surface area contributed by atoms with Gasteiger partial charge in [0.05, 0.1) is 18.0 Å². The van der Waals surface area contributed by atoms with Crippen LogP contribution in [0.3, 0.4) is 0 Å². The highest BCUT2D eigenvalue weighted by Gasteiger charge is 2.42. The lowest BCUT2D eigenvalue weighted by atomic mass is 10.0. The van der Waals surface area contributed by atoms with Gasteiger partial charge in [0.1, 0.15) is 11.9 Å². The Bertz CT molecular complexity index is 748. The maximum atomic E-state index is 12.8. The predicted molar refractivity (Wildman–Crippen MR) is 81.8 cm³/mol. The van der Waals surface area contributed by atoms with Gasteiger partial charge in [0.2, 0.25) is 0 Å². The molecule has 0 bridgehead atoms. The van der Waals surface area contributed by atoms with Gasteiger partial charge in [0, 0.05) is 5.02 Å². The normalized spacial score (nSPS) is 26.0. The first-order valence-electron chi connectivity index (χ1n) is 6.72. The van der Waals surface area contributed by atoms with Gasteiger partial charge in [-0.05, 0) is 23.8 Å². The van der Waals surface area contributed by atoms with Crippen LogP contribution in [-0.2, 0) is 4.79 Å². The minimum atomic E-state index is -0.413. The third-order valence-corrected chi connectivity index (χ3v) is 4.04. The second-order valence-corrected chi connectivity index (χ2v) is 5.53. The molecule has 4 rings (SSSR count). The number of rotatable bonds is 1. The van der Waals surface area contributed by atoms with Gasteiger partial charge in [-0.1, -0.05) is 42.0 Å². The lowest BCUT2D eigenvalue weighted by Crippen LogP contribution is -2.42. The van der Waals surface area contributed by atoms with Gasteiger partial charge in [-0.15, -0.1) is 0 Å². The molecule has 21 heavy (non-hydrogen) atoms. The third-order valence-electron chi connectivity index (χ3n) is 3.81. The number of hydrogen-bond donors (Lipinski definition) is 1. The number of fused-ring (bicyclic) bond motifs is 3. The highest BCUT2D eigenvalue weighted by molar-refractivity contribution is 6.30. The third kappa shape index (κ3) is 1.91. The molecule has 1 aromatic carbocycles. The predicted octanol–water partition coefficient (Wildman–Crippen LogP) is 2.56. The van der Waals surface area contributed by atoms with E-state index in [1.165, 1.54) is 0 Å². The Labute approximate surface area is 127 Å². The Morgan fingerprint density at radius 3 is 3.05 bits per heavy atom. The van der Waals surface area contributed by atoms with E-state index in [4.69, 9.17) is 11.6 Å². The van der Waals surface area contributed by atoms with Crippen LogP contribution in [-0.4, -0.2) is 22.6 Å². The van der Waals surface area contributed by atoms with Crippen molar-refractivity contribution >= 4 is 23.2 Å². The molecule has 2 heterocycles. The number of halogens is 1. The lowest BCUT2D eigenvalue weighted by Gasteiger charge is -2.29. The fraction of sp³-hybridized carbons (Fsp3) is 0.125. The van der Waals surface area contributed by atoms with Gasteiger partial charge in [-0.2, -0.15) is 0 Å². The summed E-state index contributed by atoms with van der Waals surface area (Å²) < 4.78 is 0. The van der Waals surface area contributed by atoms with Crippen molar-refractivity contribution in [2.75, 3.05) is 0 Å². The molecule has 3 aliphatic rings. The summed E-state index contributed by atoms with van der Waals surface area (Å²) in [4.78, 5) is 18.9. The highest BCUT2D eigenvalue weighted by Crippen LogP contribution is 2.32. The summed E-state index contributed by atoms with van der Waals surface area (Å²) in [6.07, 6.45) is 9.48. The number of nitrogens with zero attached hydrogens (tertiary/aromatic N) is 2. The summed E-state index contributed by atoms with van der Waals surface area (Å²) in [7, 11) is 0. The van der Waals surface area contributed by atoms with Crippen LogP contribution in [0.15, 0.2) is 65.6 Å². The van der Waals surface area contributed by atoms with Gasteiger partial charge in [-0.25, -0.2) is 0 Å². The molecule has 2 unspecified atom stereocenters. The maximum Gasteiger partial charge on any atom is 0.256 e. The fourth-order valence-corrected chi connectivity index (χ4v) is 3.03. The van der Waals surface area contributed by atoms with E-state index in [1.54, 1.807) is 17.2 Å². The summed E-state index contributed by atoms with van der Waals surface area (Å²) >= 11 is 6.02. The van der Waals surface area contributed by atoms with E-state index in [0.717, 1.165) is 17.1 Å². The molecule has 2 aliphatic heterocycles. The lowest BCUT2D eigenvalue weighted by molar-refractivity contribution is -0.128. The van der Waals surface area contributed by atoms with Crippen molar-refractivity contribution in [1.82, 2.24) is 10.2 Å². The minimum absolute atomic E-state index is 0.0147. The molecule has 1 aromatic rings. The summed E-state index contributed by atoms with van der Waals surface area (Å²) in [6.45, 7) is 0. The zero-order chi connectivity index (χ0) is 14.4. The number of allylic oxidation sites excluding steroid dienone is 2. The second kappa shape index (κ2) is 4.60. The van der Waals surface area contributed by atoms with Crippen molar-refractivity contribution in [1.29, 1.82) is 0 Å². The van der Waals surface area contributed by atoms with E-state index in [9.17, 15) is 4.79 Å². The molecule has 2 atom stereocenters. The minimum Gasteiger partial charge on any atom is -0.355 e. The second-order valence-electron chi connectivity index (χ2n) is 5.10. The van der Waals surface area contributed by atoms with Crippen LogP contribution < -0.4 is 5.32 Å². The number of nitrogens with one attached hydrogen (secondary N) is 1. The maximum absolute atomic E-state index is 12.8. The van der Waals surface area contributed by atoms with E-state index in [-0.39, 0.29) is 11.9 Å². The average Bonchev–Trinajstić information content (AvgIpc) is 2.85. The molecule has 0 saturated carbocycles. The van der Waals surface area contributed by atoms with Crippen molar-refractivity contribution in [3.8, 4) is 0 Å². The Balaban J connectivity index is 1.71. The molecule has 5 heteroatoms. The Kier molecular flexibility index (Phi) is 2.72. The van der Waals surface area contributed by atoms with E-state index < -0.39 is 6.04 Å². The molecule has 0 spiro atoms. The average molecular weight is 298 g/mol. The number of aliphatic imine (C=N–C) groups is 1. The van der Waals surface area contributed by atoms with Gasteiger partial charge in [-0.3, -0.25) is 14.7 Å². The van der Waals surface area contributed by atoms with Crippen LogP contribution in [0.4, 0.5) is 0 Å². The van der Waals surface area contributed by atoms with Crippen LogP contribution in [0.25, 0.3) is 0 Å². The van der Waals surface area contributed by atoms with Crippen LogP contribution in [0.2, 0.25) is 5.02 Å². The quantitative estimate of drug-likeness (QED) is 0.866. The van der Waals surface area contributed by atoms with Crippen LogP contribution in [0, 0.1) is 0 Å². The fourth-order valence-electron chi connectivity index (χ4n) is 2.83. The van der Waals surface area contributed by atoms with Crippen LogP contribution in [0.1, 0.15) is 11.6 Å². The summed E-state index contributed by atoms with van der Waals surface area (Å²) in [6, 6.07) is 6.83. The summed E-state index contributed by atoms with van der Waals surface area (Å²) in [5.41, 5.74) is 1.74. The zero-order valence-corrected chi connectivity index (χ0v) is 11.8. The molecule has 4 nitrogen and oxygen atoms in total. The molecular formula is C16H12ClN3O. The number of carbonyl (C=O) groups excluding carboxylic acids is 1. The van der Waals surface area contributed by atoms with Crippen molar-refractivity contribution in [2.24, 2.45) is 4.99 Å². The number of carbonyl (C=O) groups is 1. The van der Waals surface area contributed by atoms with Gasteiger partial charge < -0.3 is 5.32 Å². The van der Waals surface area contributed by atoms with Gasteiger partial charge in [0.25, 0.3) is 5.91 Å². The Morgan fingerprint density at radius 2 is 2.19 bits per heavy atom. The SMILES string of the molecule is O=C1C(c2cccc(Cl)c2)NC2=CN=C3C=CC=CC3N12. The zero-order valence-electron chi connectivity index (χ0n) is 11.0. The largest absolute Gasteiger partial charge is 0.355 e.